The first kappa shape index (κ1) is 47.6. The molecule has 0 aliphatic carbocycles. The first-order chi connectivity index (χ1) is 24.8. The highest BCUT2D eigenvalue weighted by atomic mass is 31.2. The maximum Gasteiger partial charge on any atom is 0.335 e. The van der Waals surface area contributed by atoms with E-state index >= 15 is 0 Å². The van der Waals surface area contributed by atoms with Gasteiger partial charge in [0, 0.05) is 18.6 Å². The Morgan fingerprint density at radius 2 is 1.37 bits per heavy atom. The molecule has 0 bridgehead atoms. The molecule has 0 saturated carbocycles. The number of nitro groups is 1. The molecule has 0 aliphatic heterocycles. The molecule has 0 saturated heterocycles. The van der Waals surface area contributed by atoms with Crippen molar-refractivity contribution in [1.82, 2.24) is 0 Å². The molecule has 0 aromatic heterocycles. The SMILES string of the molecule is CCCCCCCCCCCCCCCCCCOC(=O)C(CCC(=O)Oc1ccc([N+](=O)[O-])cc1)OC[C@H](CO)OP(=O)([O-])OCC[N+](C)(C)C. The highest BCUT2D eigenvalue weighted by Gasteiger charge is 2.26. The minimum atomic E-state index is -4.80. The number of carbonyl (C=O) groups excluding carboxylic acids is 2. The van der Waals surface area contributed by atoms with Crippen LogP contribution in [0.2, 0.25) is 0 Å². The molecule has 300 valence electrons. The van der Waals surface area contributed by atoms with E-state index in [0.29, 0.717) is 17.4 Å². The van der Waals surface area contributed by atoms with Crippen LogP contribution in [0, 0.1) is 10.1 Å². The van der Waals surface area contributed by atoms with Crippen molar-refractivity contribution in [2.24, 2.45) is 0 Å². The van der Waals surface area contributed by atoms with Gasteiger partial charge in [0.15, 0.2) is 6.10 Å². The number of non-ortho nitro benzene ring substituents is 1. The monoisotopic (exact) mass is 760 g/mol. The van der Waals surface area contributed by atoms with E-state index in [9.17, 15) is 34.3 Å². The largest absolute Gasteiger partial charge is 0.756 e. The molecule has 52 heavy (non-hydrogen) atoms. The first-order valence-electron chi connectivity index (χ1n) is 19.0. The Hall–Kier alpha value is -2.45. The predicted octanol–water partition coefficient (Wildman–Crippen LogP) is 7.04. The average molecular weight is 761 g/mol. The van der Waals surface area contributed by atoms with Gasteiger partial charge in [-0.1, -0.05) is 103 Å². The van der Waals surface area contributed by atoms with E-state index in [1.807, 2.05) is 21.1 Å². The molecule has 1 N–H and O–H groups in total. The summed E-state index contributed by atoms with van der Waals surface area (Å²) in [6, 6.07) is 4.95. The van der Waals surface area contributed by atoms with Crippen LogP contribution in [0.3, 0.4) is 0 Å². The van der Waals surface area contributed by atoms with Crippen molar-refractivity contribution in [2.75, 3.05) is 54.1 Å². The zero-order valence-electron chi connectivity index (χ0n) is 32.0. The maximum absolute atomic E-state index is 13.0. The fourth-order valence-corrected chi connectivity index (χ4v) is 6.09. The molecule has 15 heteroatoms. The van der Waals surface area contributed by atoms with Crippen LogP contribution in [0.1, 0.15) is 122 Å². The van der Waals surface area contributed by atoms with Crippen LogP contribution < -0.4 is 9.63 Å². The Kier molecular flexibility index (Phi) is 25.7. The Labute approximate surface area is 310 Å². The van der Waals surface area contributed by atoms with Crippen LogP contribution in [-0.2, 0) is 32.7 Å². The lowest BCUT2D eigenvalue weighted by Gasteiger charge is -2.30. The number of nitro benzene ring substituents is 1. The highest BCUT2D eigenvalue weighted by Crippen LogP contribution is 2.39. The Bertz CT molecular complexity index is 1160. The van der Waals surface area contributed by atoms with Crippen LogP contribution in [0.4, 0.5) is 5.69 Å². The molecule has 3 atom stereocenters. The van der Waals surface area contributed by atoms with E-state index in [4.69, 9.17) is 23.3 Å². The van der Waals surface area contributed by atoms with Gasteiger partial charge in [-0.25, -0.2) is 4.79 Å². The van der Waals surface area contributed by atoms with Crippen molar-refractivity contribution in [1.29, 1.82) is 0 Å². The van der Waals surface area contributed by atoms with E-state index in [1.54, 1.807) is 0 Å². The van der Waals surface area contributed by atoms with Crippen LogP contribution in [0.15, 0.2) is 24.3 Å². The van der Waals surface area contributed by atoms with Crippen molar-refractivity contribution < 1.29 is 56.8 Å². The summed E-state index contributed by atoms with van der Waals surface area (Å²) in [7, 11) is 0.805. The molecule has 1 aromatic carbocycles. The number of phosphoric acid groups is 1. The van der Waals surface area contributed by atoms with Crippen molar-refractivity contribution >= 4 is 25.4 Å². The minimum Gasteiger partial charge on any atom is -0.756 e. The number of nitrogens with zero attached hydrogens (tertiary/aromatic N) is 2. The van der Waals surface area contributed by atoms with Gasteiger partial charge in [-0.2, -0.15) is 0 Å². The van der Waals surface area contributed by atoms with Gasteiger partial charge in [-0.05, 0) is 25.0 Å². The Morgan fingerprint density at radius 3 is 1.85 bits per heavy atom. The summed E-state index contributed by atoms with van der Waals surface area (Å²) < 4.78 is 38.9. The summed E-state index contributed by atoms with van der Waals surface area (Å²) in [6.45, 7) is 1.41. The second-order valence-electron chi connectivity index (χ2n) is 14.3. The van der Waals surface area contributed by atoms with Gasteiger partial charge in [0.25, 0.3) is 13.5 Å². The number of aliphatic hydroxyl groups is 1. The molecular weight excluding hydrogens is 695 g/mol. The van der Waals surface area contributed by atoms with Crippen molar-refractivity contribution in [3.63, 3.8) is 0 Å². The van der Waals surface area contributed by atoms with Crippen LogP contribution in [-0.4, -0.2) is 92.8 Å². The number of quaternary nitrogens is 1. The van der Waals surface area contributed by atoms with Crippen LogP contribution in [0.5, 0.6) is 5.75 Å². The van der Waals surface area contributed by atoms with Gasteiger partial charge >= 0.3 is 11.9 Å². The van der Waals surface area contributed by atoms with E-state index in [0.717, 1.165) is 19.3 Å². The number of benzene rings is 1. The number of phosphoric ester groups is 1. The summed E-state index contributed by atoms with van der Waals surface area (Å²) in [6.07, 6.45) is 16.4. The Balaban J connectivity index is 2.50. The van der Waals surface area contributed by atoms with E-state index in [-0.39, 0.29) is 37.5 Å². The number of hydrogen-bond donors (Lipinski definition) is 1. The second-order valence-corrected chi connectivity index (χ2v) is 15.6. The summed E-state index contributed by atoms with van der Waals surface area (Å²) in [5, 5.41) is 20.6. The zero-order chi connectivity index (χ0) is 38.7. The van der Waals surface area contributed by atoms with Crippen LogP contribution >= 0.6 is 7.82 Å². The predicted molar refractivity (Wildman–Crippen MR) is 197 cm³/mol. The number of rotatable bonds is 33. The number of likely N-dealkylation sites (N-methyl/N-ethyl adjacent to an activating group) is 1. The zero-order valence-corrected chi connectivity index (χ0v) is 32.9. The van der Waals surface area contributed by atoms with Gasteiger partial charge in [-0.15, -0.1) is 0 Å². The molecular formula is C37H65N2O12P. The molecule has 0 fully saturated rings. The molecule has 1 rings (SSSR count). The fourth-order valence-electron chi connectivity index (χ4n) is 5.23. The number of unbranched alkanes of at least 4 members (excludes halogenated alkanes) is 15. The number of carbonyl (C=O) groups is 2. The van der Waals surface area contributed by atoms with E-state index < -0.39 is 50.1 Å². The van der Waals surface area contributed by atoms with Gasteiger partial charge in [-0.3, -0.25) is 19.5 Å². The maximum atomic E-state index is 13.0. The third kappa shape index (κ3) is 25.5. The molecule has 14 nitrogen and oxygen atoms in total. The number of aliphatic hydroxyl groups excluding tert-OH is 1. The molecule has 0 aliphatic rings. The van der Waals surface area contributed by atoms with Crippen molar-refractivity contribution in [3.05, 3.63) is 34.4 Å². The van der Waals surface area contributed by atoms with Gasteiger partial charge in [0.2, 0.25) is 0 Å². The lowest BCUT2D eigenvalue weighted by molar-refractivity contribution is -0.870. The lowest BCUT2D eigenvalue weighted by atomic mass is 10.0. The topological polar surface area (TPSA) is 184 Å². The fraction of sp³-hybridized carbons (Fsp3) is 0.784. The highest BCUT2D eigenvalue weighted by molar-refractivity contribution is 7.45. The van der Waals surface area contributed by atoms with Gasteiger partial charge in [0.05, 0.1) is 45.9 Å². The normalized spacial score (nSPS) is 14.0. The molecule has 0 radical (unpaired) electrons. The summed E-state index contributed by atoms with van der Waals surface area (Å²) in [5.74, 6) is -1.38. The first-order valence-corrected chi connectivity index (χ1v) is 20.5. The van der Waals surface area contributed by atoms with E-state index in [2.05, 4.69) is 6.92 Å². The molecule has 1 aromatic rings. The van der Waals surface area contributed by atoms with Gasteiger partial charge < -0.3 is 37.7 Å². The van der Waals surface area contributed by atoms with Crippen LogP contribution in [0.25, 0.3) is 0 Å². The quantitative estimate of drug-likeness (QED) is 0.0147. The number of esters is 2. The second kappa shape index (κ2) is 28.1. The average Bonchev–Trinajstić information content (AvgIpc) is 3.08. The molecule has 2 unspecified atom stereocenters. The number of hydrogen-bond acceptors (Lipinski definition) is 12. The summed E-state index contributed by atoms with van der Waals surface area (Å²) >= 11 is 0. The summed E-state index contributed by atoms with van der Waals surface area (Å²) in [5.41, 5.74) is -0.164. The molecule has 0 amide bonds. The smallest absolute Gasteiger partial charge is 0.335 e. The Morgan fingerprint density at radius 1 is 0.846 bits per heavy atom. The number of ether oxygens (including phenoxy) is 3. The standard InChI is InChI=1S/C37H65N2O12P/c1-5-6-7-8-9-10-11-12-13-14-15-16-17-18-19-20-28-47-37(42)35(25-26-36(41)50-33-23-21-32(22-24-33)38(43)44)48-31-34(30-40)51-52(45,46)49-29-27-39(2,3)4/h21-24,34-35,40H,5-20,25-31H2,1-4H3/t34-,35?/m0/s1. The third-order valence-electron chi connectivity index (χ3n) is 8.37. The lowest BCUT2D eigenvalue weighted by Crippen LogP contribution is -2.38. The van der Waals surface area contributed by atoms with Crippen molar-refractivity contribution in [2.45, 2.75) is 135 Å². The third-order valence-corrected chi connectivity index (χ3v) is 9.43. The minimum absolute atomic E-state index is 0.0874. The van der Waals surface area contributed by atoms with Crippen molar-refractivity contribution in [3.8, 4) is 5.75 Å². The summed E-state index contributed by atoms with van der Waals surface area (Å²) in [4.78, 5) is 48.1. The molecule has 0 heterocycles. The van der Waals surface area contributed by atoms with E-state index in [1.165, 1.54) is 101 Å². The van der Waals surface area contributed by atoms with Gasteiger partial charge in [0.1, 0.15) is 25.0 Å². The molecule has 0 spiro atoms.